The zero-order valence-corrected chi connectivity index (χ0v) is 26.8. The van der Waals surface area contributed by atoms with Gasteiger partial charge in [0.2, 0.25) is 0 Å². The first-order chi connectivity index (χ1) is 21.4. The van der Waals surface area contributed by atoms with Crippen molar-refractivity contribution < 1.29 is 47.4 Å². The molecule has 2 aromatic carbocycles. The van der Waals surface area contributed by atoms with E-state index >= 15 is 0 Å². The van der Waals surface area contributed by atoms with Crippen molar-refractivity contribution in [3.05, 3.63) is 83.9 Å². The van der Waals surface area contributed by atoms with Crippen LogP contribution in [-0.4, -0.2) is 78.8 Å². The number of carbonyl (C=O) groups excluding carboxylic acids is 1. The molecule has 10 heteroatoms. The van der Waals surface area contributed by atoms with E-state index in [0.29, 0.717) is 13.2 Å². The predicted molar refractivity (Wildman–Crippen MR) is 162 cm³/mol. The van der Waals surface area contributed by atoms with E-state index in [-0.39, 0.29) is 12.4 Å². The SMILES string of the molecule is CC1(C)O[C@H]2O[C@H](/C=C/C(=O)[C@H](OCc3ccccc3)[C@H]3OC(C)(C)O[C@@H]3[C@H]3COC(C)(C)O3)[C@H](OCc3ccccc3)[C@H]2O1. The Morgan fingerprint density at radius 1 is 0.800 bits per heavy atom. The summed E-state index contributed by atoms with van der Waals surface area (Å²) in [7, 11) is 0. The van der Waals surface area contributed by atoms with E-state index < -0.39 is 66.4 Å². The second kappa shape index (κ2) is 12.9. The second-order valence-electron chi connectivity index (χ2n) is 13.2. The van der Waals surface area contributed by atoms with Gasteiger partial charge in [-0.05, 0) is 64.8 Å². The molecule has 2 aromatic rings. The quantitative estimate of drug-likeness (QED) is 0.323. The maximum atomic E-state index is 14.1. The highest BCUT2D eigenvalue weighted by Crippen LogP contribution is 2.40. The molecule has 4 saturated heterocycles. The maximum Gasteiger partial charge on any atom is 0.190 e. The van der Waals surface area contributed by atoms with Crippen LogP contribution in [0.2, 0.25) is 0 Å². The number of ether oxygens (including phenoxy) is 9. The van der Waals surface area contributed by atoms with E-state index in [1.54, 1.807) is 6.08 Å². The molecule has 0 saturated carbocycles. The van der Waals surface area contributed by atoms with Crippen LogP contribution < -0.4 is 0 Å². The minimum absolute atomic E-state index is 0.204. The van der Waals surface area contributed by atoms with Gasteiger partial charge in [0.1, 0.15) is 42.7 Å². The Balaban J connectivity index is 1.22. The van der Waals surface area contributed by atoms with Crippen molar-refractivity contribution in [3.8, 4) is 0 Å². The number of benzene rings is 2. The smallest absolute Gasteiger partial charge is 0.190 e. The van der Waals surface area contributed by atoms with Gasteiger partial charge < -0.3 is 42.6 Å². The van der Waals surface area contributed by atoms with Crippen LogP contribution in [0.4, 0.5) is 0 Å². The van der Waals surface area contributed by atoms with E-state index in [9.17, 15) is 4.79 Å². The summed E-state index contributed by atoms with van der Waals surface area (Å²) in [5, 5.41) is 0. The van der Waals surface area contributed by atoms with Crippen LogP contribution in [0.1, 0.15) is 52.7 Å². The van der Waals surface area contributed by atoms with Gasteiger partial charge in [-0.1, -0.05) is 60.7 Å². The van der Waals surface area contributed by atoms with Gasteiger partial charge in [0.05, 0.1) is 19.8 Å². The largest absolute Gasteiger partial charge is 0.368 e. The van der Waals surface area contributed by atoms with Crippen LogP contribution in [0.3, 0.4) is 0 Å². The Morgan fingerprint density at radius 2 is 1.42 bits per heavy atom. The van der Waals surface area contributed by atoms with E-state index in [2.05, 4.69) is 0 Å². The molecule has 8 atom stereocenters. The zero-order valence-electron chi connectivity index (χ0n) is 26.8. The van der Waals surface area contributed by atoms with E-state index in [4.69, 9.17) is 42.6 Å². The average molecular weight is 625 g/mol. The molecule has 0 N–H and O–H groups in total. The summed E-state index contributed by atoms with van der Waals surface area (Å²) in [6.07, 6.45) is -1.83. The number of carbonyl (C=O) groups is 1. The second-order valence-corrected chi connectivity index (χ2v) is 13.2. The number of hydrogen-bond acceptors (Lipinski definition) is 10. The van der Waals surface area contributed by atoms with Gasteiger partial charge in [-0.15, -0.1) is 0 Å². The van der Waals surface area contributed by atoms with Crippen molar-refractivity contribution in [2.45, 2.75) is 121 Å². The number of hydrogen-bond donors (Lipinski definition) is 0. The topological polar surface area (TPSA) is 100 Å². The molecule has 0 aromatic heterocycles. The molecule has 6 rings (SSSR count). The van der Waals surface area contributed by atoms with Gasteiger partial charge in [0, 0.05) is 0 Å². The Bertz CT molecular complexity index is 1330. The van der Waals surface area contributed by atoms with Crippen molar-refractivity contribution in [2.75, 3.05) is 6.61 Å². The third-order valence-corrected chi connectivity index (χ3v) is 8.17. The minimum atomic E-state index is -1.00. The standard InChI is InChI=1S/C35H44O10/c1-33(2)39-21-26(41-33)29-30(43-34(3,4)42-29)27(37-19-22-13-9-7-10-14-22)24(36)17-18-25-28(38-20-23-15-11-8-12-16-23)31-32(40-25)45-35(5,6)44-31/h7-18,25-32H,19-21H2,1-6H3/b18-17+/t25-,26-,27+,28+,29-,30-,31-,32-/m1/s1. The summed E-state index contributed by atoms with van der Waals surface area (Å²) in [4.78, 5) is 14.1. The third-order valence-electron chi connectivity index (χ3n) is 8.17. The highest BCUT2D eigenvalue weighted by atomic mass is 16.8. The van der Waals surface area contributed by atoms with Crippen LogP contribution >= 0.6 is 0 Å². The monoisotopic (exact) mass is 624 g/mol. The van der Waals surface area contributed by atoms with Crippen molar-refractivity contribution in [1.29, 1.82) is 0 Å². The minimum Gasteiger partial charge on any atom is -0.368 e. The summed E-state index contributed by atoms with van der Waals surface area (Å²) < 4.78 is 55.7. The summed E-state index contributed by atoms with van der Waals surface area (Å²) >= 11 is 0. The molecule has 4 heterocycles. The normalized spacial score (nSPS) is 33.9. The van der Waals surface area contributed by atoms with Crippen molar-refractivity contribution >= 4 is 5.78 Å². The summed E-state index contributed by atoms with van der Waals surface area (Å²) in [5.41, 5.74) is 1.94. The first kappa shape index (κ1) is 32.4. The molecule has 10 nitrogen and oxygen atoms in total. The Hall–Kier alpha value is -2.51. The lowest BCUT2D eigenvalue weighted by molar-refractivity contribution is -0.213. The molecular formula is C35H44O10. The van der Waals surface area contributed by atoms with Crippen LogP contribution in [0.15, 0.2) is 72.8 Å². The molecule has 0 radical (unpaired) electrons. The maximum absolute atomic E-state index is 14.1. The van der Waals surface area contributed by atoms with E-state index in [1.165, 1.54) is 6.08 Å². The summed E-state index contributed by atoms with van der Waals surface area (Å²) in [6, 6.07) is 19.6. The van der Waals surface area contributed by atoms with Crippen molar-refractivity contribution in [1.82, 2.24) is 0 Å². The Kier molecular flexibility index (Phi) is 9.33. The fourth-order valence-corrected chi connectivity index (χ4v) is 6.22. The van der Waals surface area contributed by atoms with Crippen LogP contribution in [-0.2, 0) is 60.6 Å². The number of rotatable bonds is 11. The molecule has 45 heavy (non-hydrogen) atoms. The van der Waals surface area contributed by atoms with Gasteiger partial charge in [-0.25, -0.2) is 0 Å². The molecule has 0 bridgehead atoms. The van der Waals surface area contributed by atoms with Gasteiger partial charge in [0.15, 0.2) is 29.4 Å². The average Bonchev–Trinajstić information content (AvgIpc) is 3.70. The molecule has 0 amide bonds. The van der Waals surface area contributed by atoms with E-state index in [1.807, 2.05) is 102 Å². The van der Waals surface area contributed by atoms with Crippen LogP contribution in [0, 0.1) is 0 Å². The lowest BCUT2D eigenvalue weighted by atomic mass is 9.99. The molecule has 0 spiro atoms. The molecule has 0 unspecified atom stereocenters. The first-order valence-electron chi connectivity index (χ1n) is 15.6. The van der Waals surface area contributed by atoms with Gasteiger partial charge in [-0.3, -0.25) is 4.79 Å². The predicted octanol–water partition coefficient (Wildman–Crippen LogP) is 4.83. The molecule has 244 valence electrons. The highest BCUT2D eigenvalue weighted by molar-refractivity contribution is 5.94. The summed E-state index contributed by atoms with van der Waals surface area (Å²) in [6.45, 7) is 11.9. The number of fused-ring (bicyclic) bond motifs is 1. The highest BCUT2D eigenvalue weighted by Gasteiger charge is 2.56. The molecular weight excluding hydrogens is 580 g/mol. The van der Waals surface area contributed by atoms with Gasteiger partial charge >= 0.3 is 0 Å². The summed E-state index contributed by atoms with van der Waals surface area (Å²) in [5.74, 6) is -2.86. The zero-order chi connectivity index (χ0) is 31.8. The van der Waals surface area contributed by atoms with Crippen molar-refractivity contribution in [2.24, 2.45) is 0 Å². The number of ketones is 1. The van der Waals surface area contributed by atoms with Gasteiger partial charge in [-0.2, -0.15) is 0 Å². The molecule has 4 fully saturated rings. The van der Waals surface area contributed by atoms with Crippen LogP contribution in [0.5, 0.6) is 0 Å². The first-order valence-corrected chi connectivity index (χ1v) is 15.6. The fourth-order valence-electron chi connectivity index (χ4n) is 6.22. The lowest BCUT2D eigenvalue weighted by Crippen LogP contribution is -2.48. The van der Waals surface area contributed by atoms with Crippen molar-refractivity contribution in [3.63, 3.8) is 0 Å². The Labute approximate surface area is 264 Å². The molecule has 4 aliphatic rings. The van der Waals surface area contributed by atoms with E-state index in [0.717, 1.165) is 11.1 Å². The fraction of sp³-hybridized carbons (Fsp3) is 0.571. The van der Waals surface area contributed by atoms with Crippen LogP contribution in [0.25, 0.3) is 0 Å². The Morgan fingerprint density at radius 3 is 2.07 bits per heavy atom. The lowest BCUT2D eigenvalue weighted by Gasteiger charge is -2.28. The molecule has 0 aliphatic carbocycles. The third kappa shape index (κ3) is 7.73. The molecule has 4 aliphatic heterocycles. The van der Waals surface area contributed by atoms with Gasteiger partial charge in [0.25, 0.3) is 0 Å².